The van der Waals surface area contributed by atoms with E-state index in [-0.39, 0.29) is 0 Å². The fourth-order valence-corrected chi connectivity index (χ4v) is 4.97. The first-order valence-corrected chi connectivity index (χ1v) is 9.16. The van der Waals surface area contributed by atoms with Gasteiger partial charge in [0, 0.05) is 24.9 Å². The summed E-state index contributed by atoms with van der Waals surface area (Å²) in [6.45, 7) is 1.89. The van der Waals surface area contributed by atoms with E-state index in [1.165, 1.54) is 38.5 Å². The summed E-state index contributed by atoms with van der Waals surface area (Å²) in [5, 5.41) is 0. The van der Waals surface area contributed by atoms with Crippen LogP contribution in [-0.2, 0) is 4.79 Å². The third kappa shape index (κ3) is 3.16. The predicted molar refractivity (Wildman–Crippen MR) is 82.8 cm³/mol. The Balaban J connectivity index is 1.52. The minimum atomic E-state index is 0.335. The highest BCUT2D eigenvalue weighted by molar-refractivity contribution is 6.18. The van der Waals surface area contributed by atoms with Crippen molar-refractivity contribution < 1.29 is 4.79 Å². The summed E-state index contributed by atoms with van der Waals surface area (Å²) < 4.78 is 0. The average Bonchev–Trinajstić information content (AvgIpc) is 2.54. The van der Waals surface area contributed by atoms with Gasteiger partial charge < -0.3 is 4.90 Å². The molecule has 0 aromatic carbocycles. The molecule has 1 amide bonds. The van der Waals surface area contributed by atoms with Crippen LogP contribution in [0.1, 0.15) is 57.8 Å². The highest BCUT2D eigenvalue weighted by Crippen LogP contribution is 2.43. The lowest BCUT2D eigenvalue weighted by Crippen LogP contribution is -2.44. The average molecular weight is 298 g/mol. The van der Waals surface area contributed by atoms with Gasteiger partial charge in [0.1, 0.15) is 0 Å². The lowest BCUT2D eigenvalue weighted by Gasteiger charge is -2.41. The first-order chi connectivity index (χ1) is 9.78. The van der Waals surface area contributed by atoms with Crippen LogP contribution in [0, 0.1) is 23.7 Å². The molecule has 3 atom stereocenters. The number of piperidine rings is 1. The Labute approximate surface area is 128 Å². The summed E-state index contributed by atoms with van der Waals surface area (Å²) >= 11 is 5.93. The summed E-state index contributed by atoms with van der Waals surface area (Å²) in [5.74, 6) is 3.98. The number of fused-ring (bicyclic) bond motifs is 1. The van der Waals surface area contributed by atoms with E-state index in [9.17, 15) is 4.79 Å². The molecule has 3 heteroatoms. The van der Waals surface area contributed by atoms with E-state index in [0.29, 0.717) is 17.7 Å². The summed E-state index contributed by atoms with van der Waals surface area (Å²) in [7, 11) is 0. The van der Waals surface area contributed by atoms with E-state index in [2.05, 4.69) is 4.90 Å². The van der Waals surface area contributed by atoms with Gasteiger partial charge in [0.15, 0.2) is 0 Å². The van der Waals surface area contributed by atoms with Crippen LogP contribution in [0.15, 0.2) is 0 Å². The smallest absolute Gasteiger partial charge is 0.225 e. The van der Waals surface area contributed by atoms with Crippen LogP contribution in [0.5, 0.6) is 0 Å². The first kappa shape index (κ1) is 14.7. The second kappa shape index (κ2) is 6.68. The monoisotopic (exact) mass is 297 g/mol. The number of rotatable bonds is 2. The summed E-state index contributed by atoms with van der Waals surface area (Å²) in [5.41, 5.74) is 0. The summed E-state index contributed by atoms with van der Waals surface area (Å²) in [4.78, 5) is 14.9. The zero-order valence-corrected chi connectivity index (χ0v) is 13.3. The largest absolute Gasteiger partial charge is 0.342 e. The molecule has 0 radical (unpaired) electrons. The van der Waals surface area contributed by atoms with Crippen molar-refractivity contribution in [2.45, 2.75) is 57.8 Å². The van der Waals surface area contributed by atoms with Gasteiger partial charge >= 0.3 is 0 Å². The second-order valence-electron chi connectivity index (χ2n) is 7.24. The van der Waals surface area contributed by atoms with Crippen molar-refractivity contribution in [3.8, 4) is 0 Å². The van der Waals surface area contributed by atoms with Gasteiger partial charge in [0.05, 0.1) is 0 Å². The van der Waals surface area contributed by atoms with Crippen molar-refractivity contribution in [1.82, 2.24) is 4.90 Å². The quantitative estimate of drug-likeness (QED) is 0.704. The zero-order chi connectivity index (χ0) is 13.9. The van der Waals surface area contributed by atoms with Crippen LogP contribution in [0.2, 0.25) is 0 Å². The highest BCUT2D eigenvalue weighted by Gasteiger charge is 2.37. The predicted octanol–water partition coefficient (Wildman–Crippen LogP) is 4.07. The number of nitrogens with zero attached hydrogens (tertiary/aromatic N) is 1. The minimum Gasteiger partial charge on any atom is -0.342 e. The minimum absolute atomic E-state index is 0.335. The fourth-order valence-electron chi connectivity index (χ4n) is 4.66. The van der Waals surface area contributed by atoms with E-state index in [1.54, 1.807) is 0 Å². The Kier molecular flexibility index (Phi) is 4.91. The van der Waals surface area contributed by atoms with Gasteiger partial charge in [0.25, 0.3) is 0 Å². The molecule has 0 bridgehead atoms. The Morgan fingerprint density at radius 1 is 0.950 bits per heavy atom. The molecule has 3 unspecified atom stereocenters. The molecule has 2 aliphatic carbocycles. The molecule has 0 aromatic heterocycles. The fraction of sp³-hybridized carbons (Fsp3) is 0.941. The Morgan fingerprint density at radius 2 is 1.65 bits per heavy atom. The normalized spacial score (nSPS) is 35.6. The van der Waals surface area contributed by atoms with Crippen molar-refractivity contribution in [2.75, 3.05) is 19.0 Å². The molecule has 3 fully saturated rings. The van der Waals surface area contributed by atoms with Crippen LogP contribution < -0.4 is 0 Å². The number of amides is 1. The van der Waals surface area contributed by atoms with Gasteiger partial charge in [-0.2, -0.15) is 0 Å². The Hall–Kier alpha value is -0.240. The van der Waals surface area contributed by atoms with E-state index in [1.807, 2.05) is 0 Å². The van der Waals surface area contributed by atoms with Crippen molar-refractivity contribution in [3.63, 3.8) is 0 Å². The van der Waals surface area contributed by atoms with Crippen molar-refractivity contribution >= 4 is 17.5 Å². The second-order valence-corrected chi connectivity index (χ2v) is 7.55. The number of halogens is 1. The van der Waals surface area contributed by atoms with Crippen molar-refractivity contribution in [1.29, 1.82) is 0 Å². The summed E-state index contributed by atoms with van der Waals surface area (Å²) in [6, 6.07) is 0. The maximum absolute atomic E-state index is 12.7. The first-order valence-electron chi connectivity index (χ1n) is 8.62. The molecule has 2 saturated carbocycles. The molecule has 0 N–H and O–H groups in total. The molecule has 3 rings (SSSR count). The number of hydrogen-bond acceptors (Lipinski definition) is 1. The third-order valence-corrected chi connectivity index (χ3v) is 6.47. The van der Waals surface area contributed by atoms with Crippen LogP contribution in [0.25, 0.3) is 0 Å². The maximum Gasteiger partial charge on any atom is 0.225 e. The third-order valence-electron chi connectivity index (χ3n) is 6.03. The molecule has 1 saturated heterocycles. The number of likely N-dealkylation sites (tertiary alicyclic amines) is 1. The summed E-state index contributed by atoms with van der Waals surface area (Å²) in [6.07, 6.45) is 11.5. The van der Waals surface area contributed by atoms with E-state index in [0.717, 1.165) is 50.1 Å². The molecular formula is C17H28ClNO. The zero-order valence-electron chi connectivity index (χ0n) is 12.5. The highest BCUT2D eigenvalue weighted by atomic mass is 35.5. The SMILES string of the molecule is O=C(C1CCC2CCCCC2C1)N1CCC(CCl)CC1. The molecule has 0 spiro atoms. The molecule has 1 aliphatic heterocycles. The molecular weight excluding hydrogens is 270 g/mol. The number of hydrogen-bond donors (Lipinski definition) is 0. The lowest BCUT2D eigenvalue weighted by atomic mass is 9.67. The van der Waals surface area contributed by atoms with Gasteiger partial charge in [0.2, 0.25) is 5.91 Å². The Bertz CT molecular complexity index is 338. The number of carbonyl (C=O) groups is 1. The molecule has 3 aliphatic rings. The van der Waals surface area contributed by atoms with Crippen molar-refractivity contribution in [2.24, 2.45) is 23.7 Å². The van der Waals surface area contributed by atoms with Crippen LogP contribution in [0.4, 0.5) is 0 Å². The maximum atomic E-state index is 12.7. The van der Waals surface area contributed by atoms with Gasteiger partial charge in [-0.1, -0.05) is 25.7 Å². The molecule has 0 aromatic rings. The number of carbonyl (C=O) groups excluding carboxylic acids is 1. The molecule has 114 valence electrons. The Morgan fingerprint density at radius 3 is 2.35 bits per heavy atom. The van der Waals surface area contributed by atoms with Gasteiger partial charge in [-0.3, -0.25) is 4.79 Å². The van der Waals surface area contributed by atoms with E-state index >= 15 is 0 Å². The molecule has 20 heavy (non-hydrogen) atoms. The van der Waals surface area contributed by atoms with Crippen LogP contribution in [-0.4, -0.2) is 29.8 Å². The molecule has 2 nitrogen and oxygen atoms in total. The van der Waals surface area contributed by atoms with Gasteiger partial charge in [-0.15, -0.1) is 11.6 Å². The lowest BCUT2D eigenvalue weighted by molar-refractivity contribution is -0.139. The van der Waals surface area contributed by atoms with Crippen LogP contribution >= 0.6 is 11.6 Å². The van der Waals surface area contributed by atoms with Crippen LogP contribution in [0.3, 0.4) is 0 Å². The van der Waals surface area contributed by atoms with Gasteiger partial charge in [-0.05, 0) is 49.9 Å². The topological polar surface area (TPSA) is 20.3 Å². The van der Waals surface area contributed by atoms with E-state index < -0.39 is 0 Å². The molecule has 1 heterocycles. The van der Waals surface area contributed by atoms with Gasteiger partial charge in [-0.25, -0.2) is 0 Å². The van der Waals surface area contributed by atoms with E-state index in [4.69, 9.17) is 11.6 Å². The standard InChI is InChI=1S/C17H28ClNO/c18-12-13-7-9-19(10-8-13)17(20)16-6-5-14-3-1-2-4-15(14)11-16/h13-16H,1-12H2. The number of alkyl halides is 1. The van der Waals surface area contributed by atoms with Crippen molar-refractivity contribution in [3.05, 3.63) is 0 Å².